The summed E-state index contributed by atoms with van der Waals surface area (Å²) in [5.41, 5.74) is 2.63. The minimum Gasteiger partial charge on any atom is -0.492 e. The minimum absolute atomic E-state index is 0.298. The molecule has 5 heteroatoms. The van der Waals surface area contributed by atoms with Crippen LogP contribution >= 0.6 is 0 Å². The highest BCUT2D eigenvalue weighted by Crippen LogP contribution is 2.12. The summed E-state index contributed by atoms with van der Waals surface area (Å²) in [6.45, 7) is 8.16. The number of ether oxygens (including phenoxy) is 1. The lowest BCUT2D eigenvalue weighted by atomic mass is 10.2. The highest BCUT2D eigenvalue weighted by Gasteiger charge is 2.05. The van der Waals surface area contributed by atoms with Crippen molar-refractivity contribution in [1.29, 1.82) is 0 Å². The van der Waals surface area contributed by atoms with Gasteiger partial charge in [-0.05, 0) is 50.2 Å². The molecule has 0 heterocycles. The first-order valence-corrected chi connectivity index (χ1v) is 7.17. The van der Waals surface area contributed by atoms with Crippen molar-refractivity contribution in [2.24, 2.45) is 5.84 Å². The van der Waals surface area contributed by atoms with Crippen molar-refractivity contribution in [3.8, 4) is 5.75 Å². The maximum atomic E-state index is 11.3. The lowest BCUT2D eigenvalue weighted by molar-refractivity contribution is 0.0953. The number of nitrogens with zero attached hydrogens (tertiary/aromatic N) is 1. The number of amides is 1. The summed E-state index contributed by atoms with van der Waals surface area (Å²) in [5.74, 6) is 5.55. The van der Waals surface area contributed by atoms with E-state index in [0.29, 0.717) is 12.2 Å². The van der Waals surface area contributed by atoms with Gasteiger partial charge < -0.3 is 4.74 Å². The molecular formula is C15H25N3O2. The predicted octanol–water partition coefficient (Wildman–Crippen LogP) is 1.79. The smallest absolute Gasteiger partial charge is 0.265 e. The van der Waals surface area contributed by atoms with Crippen LogP contribution in [-0.4, -0.2) is 37.0 Å². The summed E-state index contributed by atoms with van der Waals surface area (Å²) in [6.07, 6.45) is 2.31. The molecule has 5 nitrogen and oxygen atoms in total. The molecule has 1 amide bonds. The number of nitrogen functional groups attached to an aromatic ring is 1. The lowest BCUT2D eigenvalue weighted by Crippen LogP contribution is -2.30. The molecule has 0 radical (unpaired) electrons. The second-order valence-electron chi connectivity index (χ2n) is 4.69. The van der Waals surface area contributed by atoms with Crippen LogP contribution in [0.4, 0.5) is 0 Å². The number of hydrogen-bond donors (Lipinski definition) is 2. The Morgan fingerprint density at radius 2 is 1.75 bits per heavy atom. The van der Waals surface area contributed by atoms with Crippen LogP contribution in [0.1, 0.15) is 37.0 Å². The Bertz CT molecular complexity index is 387. The topological polar surface area (TPSA) is 67.6 Å². The molecule has 0 saturated carbocycles. The molecular weight excluding hydrogens is 254 g/mol. The van der Waals surface area contributed by atoms with E-state index in [1.807, 2.05) is 0 Å². The standard InChI is InChI=1S/C15H25N3O2/c1-3-9-18(10-4-2)11-12-20-14-7-5-13(6-8-14)15(19)17-16/h5-8H,3-4,9-12,16H2,1-2H3,(H,17,19). The molecule has 0 fully saturated rings. The first-order chi connectivity index (χ1) is 9.71. The van der Waals surface area contributed by atoms with Gasteiger partial charge in [0.05, 0.1) is 0 Å². The normalized spacial score (nSPS) is 10.6. The molecule has 0 atom stereocenters. The first-order valence-electron chi connectivity index (χ1n) is 7.17. The van der Waals surface area contributed by atoms with Crippen molar-refractivity contribution < 1.29 is 9.53 Å². The Hall–Kier alpha value is -1.59. The van der Waals surface area contributed by atoms with E-state index in [-0.39, 0.29) is 5.91 Å². The van der Waals surface area contributed by atoms with E-state index in [4.69, 9.17) is 10.6 Å². The Morgan fingerprint density at radius 1 is 1.15 bits per heavy atom. The first kappa shape index (κ1) is 16.5. The van der Waals surface area contributed by atoms with E-state index in [9.17, 15) is 4.79 Å². The zero-order valence-corrected chi connectivity index (χ0v) is 12.4. The summed E-state index contributed by atoms with van der Waals surface area (Å²) in [6, 6.07) is 6.98. The van der Waals surface area contributed by atoms with Crippen molar-refractivity contribution >= 4 is 5.91 Å². The molecule has 112 valence electrons. The van der Waals surface area contributed by atoms with Crippen molar-refractivity contribution in [3.05, 3.63) is 29.8 Å². The molecule has 20 heavy (non-hydrogen) atoms. The Balaban J connectivity index is 2.39. The van der Waals surface area contributed by atoms with Gasteiger partial charge in [-0.15, -0.1) is 0 Å². The maximum Gasteiger partial charge on any atom is 0.265 e. The van der Waals surface area contributed by atoms with Gasteiger partial charge in [-0.1, -0.05) is 13.8 Å². The molecule has 3 N–H and O–H groups in total. The molecule has 0 spiro atoms. The molecule has 1 rings (SSSR count). The number of nitrogens with two attached hydrogens (primary N) is 1. The quantitative estimate of drug-likeness (QED) is 0.411. The van der Waals surface area contributed by atoms with Gasteiger partial charge in [0.1, 0.15) is 12.4 Å². The minimum atomic E-state index is -0.298. The van der Waals surface area contributed by atoms with E-state index < -0.39 is 0 Å². The molecule has 0 bridgehead atoms. The van der Waals surface area contributed by atoms with Crippen molar-refractivity contribution in [1.82, 2.24) is 10.3 Å². The third kappa shape index (κ3) is 5.59. The highest BCUT2D eigenvalue weighted by atomic mass is 16.5. The number of benzene rings is 1. The van der Waals surface area contributed by atoms with Crippen LogP contribution in [0.5, 0.6) is 5.75 Å². The van der Waals surface area contributed by atoms with Gasteiger partial charge in [0.15, 0.2) is 0 Å². The van der Waals surface area contributed by atoms with E-state index in [2.05, 4.69) is 24.2 Å². The zero-order chi connectivity index (χ0) is 14.8. The van der Waals surface area contributed by atoms with Crippen LogP contribution in [-0.2, 0) is 0 Å². The van der Waals surface area contributed by atoms with Crippen molar-refractivity contribution in [2.45, 2.75) is 26.7 Å². The van der Waals surface area contributed by atoms with Gasteiger partial charge in [0.25, 0.3) is 5.91 Å². The molecule has 0 aromatic heterocycles. The van der Waals surface area contributed by atoms with Crippen LogP contribution in [0.15, 0.2) is 24.3 Å². The fourth-order valence-electron chi connectivity index (χ4n) is 2.05. The van der Waals surface area contributed by atoms with Crippen molar-refractivity contribution in [2.75, 3.05) is 26.2 Å². The number of nitrogens with one attached hydrogen (secondary N) is 1. The monoisotopic (exact) mass is 279 g/mol. The molecule has 0 aliphatic heterocycles. The maximum absolute atomic E-state index is 11.3. The second kappa shape index (κ2) is 9.34. The molecule has 0 saturated heterocycles. The highest BCUT2D eigenvalue weighted by molar-refractivity contribution is 5.93. The Morgan fingerprint density at radius 3 is 2.25 bits per heavy atom. The molecule has 1 aromatic carbocycles. The van der Waals surface area contributed by atoms with Gasteiger partial charge in [-0.25, -0.2) is 5.84 Å². The number of rotatable bonds is 9. The molecule has 0 aliphatic carbocycles. The number of carbonyl (C=O) groups excluding carboxylic acids is 1. The van der Waals surface area contributed by atoms with Crippen LogP contribution in [0.2, 0.25) is 0 Å². The largest absolute Gasteiger partial charge is 0.492 e. The average Bonchev–Trinajstić information content (AvgIpc) is 2.47. The zero-order valence-electron chi connectivity index (χ0n) is 12.4. The van der Waals surface area contributed by atoms with Crippen LogP contribution in [0.3, 0.4) is 0 Å². The van der Waals surface area contributed by atoms with E-state index in [0.717, 1.165) is 38.2 Å². The molecule has 1 aromatic rings. The number of carbonyl (C=O) groups is 1. The van der Waals surface area contributed by atoms with Crippen LogP contribution < -0.4 is 16.0 Å². The van der Waals surface area contributed by atoms with Crippen LogP contribution in [0.25, 0.3) is 0 Å². The summed E-state index contributed by atoms with van der Waals surface area (Å²) >= 11 is 0. The van der Waals surface area contributed by atoms with E-state index in [1.165, 1.54) is 0 Å². The number of hydrazine groups is 1. The summed E-state index contributed by atoms with van der Waals surface area (Å²) in [5, 5.41) is 0. The van der Waals surface area contributed by atoms with Gasteiger partial charge in [0.2, 0.25) is 0 Å². The lowest BCUT2D eigenvalue weighted by Gasteiger charge is -2.20. The van der Waals surface area contributed by atoms with Gasteiger partial charge in [-0.2, -0.15) is 0 Å². The van der Waals surface area contributed by atoms with Gasteiger partial charge >= 0.3 is 0 Å². The number of hydrogen-bond acceptors (Lipinski definition) is 4. The van der Waals surface area contributed by atoms with Gasteiger partial charge in [0, 0.05) is 12.1 Å². The predicted molar refractivity (Wildman–Crippen MR) is 80.6 cm³/mol. The molecule has 0 aliphatic rings. The fourth-order valence-corrected chi connectivity index (χ4v) is 2.05. The SMILES string of the molecule is CCCN(CCC)CCOc1ccc(C(=O)NN)cc1. The van der Waals surface area contributed by atoms with Crippen molar-refractivity contribution in [3.63, 3.8) is 0 Å². The summed E-state index contributed by atoms with van der Waals surface area (Å²) < 4.78 is 5.69. The third-order valence-electron chi connectivity index (χ3n) is 3.00. The summed E-state index contributed by atoms with van der Waals surface area (Å²) in [4.78, 5) is 13.7. The van der Waals surface area contributed by atoms with Crippen LogP contribution in [0, 0.1) is 0 Å². The molecule has 0 unspecified atom stereocenters. The Kier molecular flexibility index (Phi) is 7.69. The summed E-state index contributed by atoms with van der Waals surface area (Å²) in [7, 11) is 0. The van der Waals surface area contributed by atoms with E-state index in [1.54, 1.807) is 24.3 Å². The van der Waals surface area contributed by atoms with E-state index >= 15 is 0 Å². The Labute approximate surface area is 121 Å². The average molecular weight is 279 g/mol. The fraction of sp³-hybridized carbons (Fsp3) is 0.533. The second-order valence-corrected chi connectivity index (χ2v) is 4.69. The third-order valence-corrected chi connectivity index (χ3v) is 3.00. The van der Waals surface area contributed by atoms with Gasteiger partial charge in [-0.3, -0.25) is 15.1 Å².